The van der Waals surface area contributed by atoms with Gasteiger partial charge in [0.05, 0.1) is 13.2 Å². The Bertz CT molecular complexity index is 286. The molecule has 2 atom stereocenters. The molecule has 1 amide bonds. The zero-order valence-corrected chi connectivity index (χ0v) is 13.1. The monoisotopic (exact) mass is 287 g/mol. The first-order valence-electron chi connectivity index (χ1n) is 7.38. The van der Waals surface area contributed by atoms with Crippen molar-refractivity contribution in [1.29, 1.82) is 0 Å². The van der Waals surface area contributed by atoms with Gasteiger partial charge in [-0.15, -0.1) is 0 Å². The molecule has 0 aliphatic carbocycles. The van der Waals surface area contributed by atoms with Crippen molar-refractivity contribution >= 4 is 6.09 Å². The van der Waals surface area contributed by atoms with Crippen molar-refractivity contribution in [2.24, 2.45) is 0 Å². The van der Waals surface area contributed by atoms with Crippen molar-refractivity contribution in [3.8, 4) is 0 Å². The highest BCUT2D eigenvalue weighted by Crippen LogP contribution is 2.06. The summed E-state index contributed by atoms with van der Waals surface area (Å²) in [4.78, 5) is 11.4. The molecule has 0 saturated carbocycles. The van der Waals surface area contributed by atoms with Crippen LogP contribution in [0.2, 0.25) is 0 Å². The van der Waals surface area contributed by atoms with Crippen molar-refractivity contribution < 1.29 is 14.3 Å². The van der Waals surface area contributed by atoms with Gasteiger partial charge in [0.25, 0.3) is 0 Å². The van der Waals surface area contributed by atoms with E-state index in [9.17, 15) is 4.79 Å². The highest BCUT2D eigenvalue weighted by atomic mass is 16.6. The maximum Gasteiger partial charge on any atom is 0.407 e. The van der Waals surface area contributed by atoms with E-state index >= 15 is 0 Å². The van der Waals surface area contributed by atoms with Gasteiger partial charge in [0, 0.05) is 31.7 Å². The van der Waals surface area contributed by atoms with Gasteiger partial charge in [0.1, 0.15) is 5.60 Å². The number of hydrogen-bond acceptors (Lipinski definition) is 5. The number of nitrogens with one attached hydrogen (secondary N) is 3. The van der Waals surface area contributed by atoms with Gasteiger partial charge in [-0.1, -0.05) is 0 Å². The van der Waals surface area contributed by atoms with Crippen LogP contribution >= 0.6 is 0 Å². The number of ether oxygens (including phenoxy) is 2. The Morgan fingerprint density at radius 1 is 1.45 bits per heavy atom. The minimum absolute atomic E-state index is 0.366. The third kappa shape index (κ3) is 8.35. The number of alkyl carbamates (subject to hydrolysis) is 1. The van der Waals surface area contributed by atoms with Crippen LogP contribution in [0.15, 0.2) is 0 Å². The van der Waals surface area contributed by atoms with Crippen molar-refractivity contribution in [3.05, 3.63) is 0 Å². The molecule has 118 valence electrons. The second-order valence-corrected chi connectivity index (χ2v) is 6.25. The molecule has 6 nitrogen and oxygen atoms in total. The predicted octanol–water partition coefficient (Wildman–Crippen LogP) is 0.868. The molecule has 20 heavy (non-hydrogen) atoms. The van der Waals surface area contributed by atoms with Crippen molar-refractivity contribution in [1.82, 2.24) is 16.0 Å². The molecular weight excluding hydrogens is 258 g/mol. The minimum atomic E-state index is -0.447. The normalized spacial score (nSPS) is 21.3. The number of carbonyl (C=O) groups excluding carboxylic acids is 1. The van der Waals surface area contributed by atoms with E-state index < -0.39 is 5.60 Å². The largest absolute Gasteiger partial charge is 0.444 e. The number of hydrogen-bond donors (Lipinski definition) is 3. The highest BCUT2D eigenvalue weighted by molar-refractivity contribution is 5.67. The van der Waals surface area contributed by atoms with Crippen LogP contribution in [0.5, 0.6) is 0 Å². The fraction of sp³-hybridized carbons (Fsp3) is 0.929. The summed E-state index contributed by atoms with van der Waals surface area (Å²) in [6, 6.07) is 0.805. The Labute approximate surface area is 122 Å². The average molecular weight is 287 g/mol. The third-order valence-corrected chi connectivity index (χ3v) is 2.92. The van der Waals surface area contributed by atoms with Crippen LogP contribution in [0.4, 0.5) is 4.79 Å². The molecule has 3 N–H and O–H groups in total. The first-order valence-corrected chi connectivity index (χ1v) is 7.38. The van der Waals surface area contributed by atoms with E-state index in [0.29, 0.717) is 18.6 Å². The standard InChI is InChI=1S/C14H29N3O3/c1-11(9-12-10-19-8-7-16-12)15-5-6-17-13(18)20-14(2,3)4/h11-12,15-16H,5-10H2,1-4H3,(H,17,18). The van der Waals surface area contributed by atoms with Crippen LogP contribution in [0, 0.1) is 0 Å². The Hall–Kier alpha value is -0.850. The SMILES string of the molecule is CC(CC1COCCN1)NCCNC(=O)OC(C)(C)C. The van der Waals surface area contributed by atoms with E-state index in [1.165, 1.54) is 0 Å². The summed E-state index contributed by atoms with van der Waals surface area (Å²) in [7, 11) is 0. The molecule has 2 unspecified atom stereocenters. The molecule has 0 bridgehead atoms. The number of rotatable bonds is 6. The van der Waals surface area contributed by atoms with Crippen LogP contribution in [-0.2, 0) is 9.47 Å². The fourth-order valence-electron chi connectivity index (χ4n) is 2.08. The van der Waals surface area contributed by atoms with Gasteiger partial charge in [-0.25, -0.2) is 4.79 Å². The topological polar surface area (TPSA) is 71.6 Å². The molecule has 1 aliphatic rings. The number of carbonyl (C=O) groups is 1. The Kier molecular flexibility index (Phi) is 7.26. The van der Waals surface area contributed by atoms with E-state index in [-0.39, 0.29) is 6.09 Å². The summed E-state index contributed by atoms with van der Waals surface area (Å²) < 4.78 is 10.6. The molecule has 1 rings (SSSR count). The van der Waals surface area contributed by atoms with Crippen LogP contribution in [0.3, 0.4) is 0 Å². The zero-order chi connectivity index (χ0) is 15.0. The second kappa shape index (κ2) is 8.44. The molecule has 0 radical (unpaired) electrons. The van der Waals surface area contributed by atoms with Crippen LogP contribution in [0.25, 0.3) is 0 Å². The number of morpholine rings is 1. The molecular formula is C14H29N3O3. The van der Waals surface area contributed by atoms with Crippen molar-refractivity contribution in [3.63, 3.8) is 0 Å². The summed E-state index contributed by atoms with van der Waals surface area (Å²) in [6.07, 6.45) is 0.654. The van der Waals surface area contributed by atoms with Gasteiger partial charge < -0.3 is 25.4 Å². The van der Waals surface area contributed by atoms with Gasteiger partial charge in [-0.2, -0.15) is 0 Å². The zero-order valence-electron chi connectivity index (χ0n) is 13.1. The molecule has 1 heterocycles. The molecule has 0 aromatic heterocycles. The first-order chi connectivity index (χ1) is 9.37. The van der Waals surface area contributed by atoms with Gasteiger partial charge in [-0.05, 0) is 34.1 Å². The van der Waals surface area contributed by atoms with Crippen molar-refractivity contribution in [2.45, 2.75) is 51.8 Å². The summed E-state index contributed by atoms with van der Waals surface area (Å²) in [5, 5.41) is 9.55. The molecule has 0 spiro atoms. The lowest BCUT2D eigenvalue weighted by atomic mass is 10.1. The maximum absolute atomic E-state index is 11.4. The van der Waals surface area contributed by atoms with Crippen LogP contribution in [0.1, 0.15) is 34.1 Å². The summed E-state index contributed by atoms with van der Waals surface area (Å²) in [5.74, 6) is 0. The number of amides is 1. The quantitative estimate of drug-likeness (QED) is 0.632. The summed E-state index contributed by atoms with van der Waals surface area (Å²) in [6.45, 7) is 11.5. The first kappa shape index (κ1) is 17.2. The van der Waals surface area contributed by atoms with Crippen molar-refractivity contribution in [2.75, 3.05) is 32.8 Å². The lowest BCUT2D eigenvalue weighted by molar-refractivity contribution is 0.0527. The van der Waals surface area contributed by atoms with Gasteiger partial charge in [0.15, 0.2) is 0 Å². The second-order valence-electron chi connectivity index (χ2n) is 6.25. The molecule has 1 fully saturated rings. The maximum atomic E-state index is 11.4. The molecule has 1 aliphatic heterocycles. The van der Waals surface area contributed by atoms with Gasteiger partial charge in [0.2, 0.25) is 0 Å². The Morgan fingerprint density at radius 3 is 2.80 bits per heavy atom. The lowest BCUT2D eigenvalue weighted by Crippen LogP contribution is -2.46. The van der Waals surface area contributed by atoms with E-state index in [2.05, 4.69) is 22.9 Å². The Morgan fingerprint density at radius 2 is 2.20 bits per heavy atom. The van der Waals surface area contributed by atoms with Gasteiger partial charge >= 0.3 is 6.09 Å². The van der Waals surface area contributed by atoms with E-state index in [1.807, 2.05) is 20.8 Å². The Balaban J connectivity index is 2.03. The van der Waals surface area contributed by atoms with Crippen LogP contribution < -0.4 is 16.0 Å². The van der Waals surface area contributed by atoms with Gasteiger partial charge in [-0.3, -0.25) is 0 Å². The lowest BCUT2D eigenvalue weighted by Gasteiger charge is -2.26. The predicted molar refractivity (Wildman–Crippen MR) is 78.9 cm³/mol. The van der Waals surface area contributed by atoms with E-state index in [0.717, 1.165) is 32.7 Å². The average Bonchev–Trinajstić information content (AvgIpc) is 2.34. The molecule has 0 aromatic carbocycles. The fourth-order valence-corrected chi connectivity index (χ4v) is 2.08. The third-order valence-electron chi connectivity index (χ3n) is 2.92. The molecule has 0 aromatic rings. The molecule has 1 saturated heterocycles. The summed E-state index contributed by atoms with van der Waals surface area (Å²) in [5.41, 5.74) is -0.447. The smallest absolute Gasteiger partial charge is 0.407 e. The van der Waals surface area contributed by atoms with E-state index in [1.54, 1.807) is 0 Å². The van der Waals surface area contributed by atoms with Crippen LogP contribution in [-0.4, -0.2) is 56.6 Å². The van der Waals surface area contributed by atoms with E-state index in [4.69, 9.17) is 9.47 Å². The highest BCUT2D eigenvalue weighted by Gasteiger charge is 2.17. The minimum Gasteiger partial charge on any atom is -0.444 e. The molecule has 6 heteroatoms. The summed E-state index contributed by atoms with van der Waals surface area (Å²) >= 11 is 0.